The lowest BCUT2D eigenvalue weighted by Crippen LogP contribution is -2.40. The van der Waals surface area contributed by atoms with E-state index in [-0.39, 0.29) is 11.4 Å². The standard InChI is InChI=1S/C12H26N2O/c1-6-7-10(2)14-11(15)8-9-13-12(3,4)5/h10,13H,6-9H2,1-5H3,(H,14,15). The van der Waals surface area contributed by atoms with Gasteiger partial charge < -0.3 is 10.6 Å². The van der Waals surface area contributed by atoms with Gasteiger partial charge in [-0.25, -0.2) is 0 Å². The van der Waals surface area contributed by atoms with Crippen molar-refractivity contribution in [1.82, 2.24) is 10.6 Å². The molecule has 90 valence electrons. The fourth-order valence-electron chi connectivity index (χ4n) is 1.40. The van der Waals surface area contributed by atoms with Gasteiger partial charge in [-0.05, 0) is 34.1 Å². The Morgan fingerprint density at radius 3 is 2.40 bits per heavy atom. The summed E-state index contributed by atoms with van der Waals surface area (Å²) in [6, 6.07) is 0.303. The first-order valence-electron chi connectivity index (χ1n) is 5.89. The molecular weight excluding hydrogens is 188 g/mol. The van der Waals surface area contributed by atoms with Gasteiger partial charge in [0.25, 0.3) is 0 Å². The van der Waals surface area contributed by atoms with E-state index in [1.54, 1.807) is 0 Å². The van der Waals surface area contributed by atoms with Gasteiger partial charge in [-0.2, -0.15) is 0 Å². The zero-order chi connectivity index (χ0) is 11.9. The van der Waals surface area contributed by atoms with Crippen LogP contribution in [0, 0.1) is 0 Å². The molecule has 0 saturated heterocycles. The third kappa shape index (κ3) is 9.73. The highest BCUT2D eigenvalue weighted by Gasteiger charge is 2.10. The van der Waals surface area contributed by atoms with Gasteiger partial charge in [0.2, 0.25) is 5.91 Å². The fourth-order valence-corrected chi connectivity index (χ4v) is 1.40. The first kappa shape index (κ1) is 14.4. The Kier molecular flexibility index (Phi) is 6.57. The van der Waals surface area contributed by atoms with Crippen LogP contribution < -0.4 is 10.6 Å². The number of carbonyl (C=O) groups is 1. The van der Waals surface area contributed by atoms with Crippen LogP contribution in [0.5, 0.6) is 0 Å². The summed E-state index contributed by atoms with van der Waals surface area (Å²) in [4.78, 5) is 11.5. The molecule has 0 aromatic carbocycles. The molecule has 1 unspecified atom stereocenters. The van der Waals surface area contributed by atoms with Gasteiger partial charge in [-0.15, -0.1) is 0 Å². The summed E-state index contributed by atoms with van der Waals surface area (Å²) < 4.78 is 0. The zero-order valence-electron chi connectivity index (χ0n) is 10.8. The van der Waals surface area contributed by atoms with E-state index in [0.717, 1.165) is 19.4 Å². The maximum atomic E-state index is 11.5. The molecule has 2 N–H and O–H groups in total. The van der Waals surface area contributed by atoms with Crippen molar-refractivity contribution in [3.05, 3.63) is 0 Å². The van der Waals surface area contributed by atoms with Crippen molar-refractivity contribution in [2.24, 2.45) is 0 Å². The van der Waals surface area contributed by atoms with Gasteiger partial charge in [0.1, 0.15) is 0 Å². The number of amides is 1. The largest absolute Gasteiger partial charge is 0.354 e. The first-order valence-corrected chi connectivity index (χ1v) is 5.89. The number of hydrogen-bond acceptors (Lipinski definition) is 2. The van der Waals surface area contributed by atoms with Gasteiger partial charge in [-0.3, -0.25) is 4.79 Å². The quantitative estimate of drug-likeness (QED) is 0.710. The second kappa shape index (κ2) is 6.83. The summed E-state index contributed by atoms with van der Waals surface area (Å²) in [5.41, 5.74) is 0.0926. The van der Waals surface area contributed by atoms with E-state index in [9.17, 15) is 4.79 Å². The molecule has 3 heteroatoms. The number of hydrogen-bond donors (Lipinski definition) is 2. The SMILES string of the molecule is CCCC(C)NC(=O)CCNC(C)(C)C. The van der Waals surface area contributed by atoms with Gasteiger partial charge in [0.15, 0.2) is 0 Å². The summed E-state index contributed by atoms with van der Waals surface area (Å²) in [6.07, 6.45) is 2.73. The molecule has 0 aliphatic heterocycles. The minimum absolute atomic E-state index is 0.0926. The highest BCUT2D eigenvalue weighted by atomic mass is 16.1. The third-order valence-corrected chi connectivity index (χ3v) is 2.14. The van der Waals surface area contributed by atoms with Crippen LogP contribution in [0.2, 0.25) is 0 Å². The van der Waals surface area contributed by atoms with E-state index in [4.69, 9.17) is 0 Å². The smallest absolute Gasteiger partial charge is 0.221 e. The molecule has 0 rings (SSSR count). The Morgan fingerprint density at radius 1 is 1.33 bits per heavy atom. The summed E-state index contributed by atoms with van der Waals surface area (Å²) in [6.45, 7) is 11.2. The normalized spacial score (nSPS) is 13.7. The van der Waals surface area contributed by atoms with Gasteiger partial charge in [0, 0.05) is 24.5 Å². The molecule has 0 aliphatic rings. The van der Waals surface area contributed by atoms with E-state index < -0.39 is 0 Å². The number of carbonyl (C=O) groups excluding carboxylic acids is 1. The third-order valence-electron chi connectivity index (χ3n) is 2.14. The Labute approximate surface area is 94.0 Å². The van der Waals surface area contributed by atoms with Crippen molar-refractivity contribution in [2.75, 3.05) is 6.54 Å². The van der Waals surface area contributed by atoms with Crippen LogP contribution in [0.4, 0.5) is 0 Å². The van der Waals surface area contributed by atoms with Gasteiger partial charge in [0.05, 0.1) is 0 Å². The molecule has 1 atom stereocenters. The molecule has 0 aromatic rings. The first-order chi connectivity index (χ1) is 6.85. The number of nitrogens with one attached hydrogen (secondary N) is 2. The Hall–Kier alpha value is -0.570. The van der Waals surface area contributed by atoms with Crippen LogP contribution in [-0.2, 0) is 4.79 Å². The topological polar surface area (TPSA) is 41.1 Å². The van der Waals surface area contributed by atoms with Crippen molar-refractivity contribution in [3.8, 4) is 0 Å². The second-order valence-corrected chi connectivity index (χ2v) is 5.18. The average molecular weight is 214 g/mol. The Bertz CT molecular complexity index is 185. The van der Waals surface area contributed by atoms with Gasteiger partial charge >= 0.3 is 0 Å². The van der Waals surface area contributed by atoms with Crippen LogP contribution in [-0.4, -0.2) is 24.0 Å². The monoisotopic (exact) mass is 214 g/mol. The lowest BCUT2D eigenvalue weighted by Gasteiger charge is -2.20. The van der Waals surface area contributed by atoms with E-state index in [0.29, 0.717) is 12.5 Å². The van der Waals surface area contributed by atoms with Crippen molar-refractivity contribution in [2.45, 2.75) is 65.5 Å². The van der Waals surface area contributed by atoms with Crippen LogP contribution >= 0.6 is 0 Å². The lowest BCUT2D eigenvalue weighted by molar-refractivity contribution is -0.121. The molecule has 0 radical (unpaired) electrons. The Balaban J connectivity index is 3.58. The molecule has 15 heavy (non-hydrogen) atoms. The van der Waals surface area contributed by atoms with Crippen LogP contribution in [0.1, 0.15) is 53.9 Å². The zero-order valence-corrected chi connectivity index (χ0v) is 10.8. The molecular formula is C12H26N2O. The highest BCUT2D eigenvalue weighted by Crippen LogP contribution is 1.99. The summed E-state index contributed by atoms with van der Waals surface area (Å²) in [5, 5.41) is 6.29. The molecule has 0 aromatic heterocycles. The summed E-state index contributed by atoms with van der Waals surface area (Å²) >= 11 is 0. The van der Waals surface area contributed by atoms with Crippen LogP contribution in [0.25, 0.3) is 0 Å². The average Bonchev–Trinajstić information content (AvgIpc) is 2.01. The van der Waals surface area contributed by atoms with E-state index in [2.05, 4.69) is 45.3 Å². The van der Waals surface area contributed by atoms with Crippen LogP contribution in [0.15, 0.2) is 0 Å². The summed E-state index contributed by atoms with van der Waals surface area (Å²) in [7, 11) is 0. The molecule has 0 fully saturated rings. The molecule has 3 nitrogen and oxygen atoms in total. The van der Waals surface area contributed by atoms with E-state index in [1.807, 2.05) is 0 Å². The van der Waals surface area contributed by atoms with Crippen LogP contribution in [0.3, 0.4) is 0 Å². The molecule has 0 spiro atoms. The minimum atomic E-state index is 0.0926. The van der Waals surface area contributed by atoms with Crippen molar-refractivity contribution in [1.29, 1.82) is 0 Å². The Morgan fingerprint density at radius 2 is 1.93 bits per heavy atom. The molecule has 0 bridgehead atoms. The van der Waals surface area contributed by atoms with Crippen molar-refractivity contribution < 1.29 is 4.79 Å². The van der Waals surface area contributed by atoms with Crippen molar-refractivity contribution in [3.63, 3.8) is 0 Å². The lowest BCUT2D eigenvalue weighted by atomic mass is 10.1. The predicted octanol–water partition coefficient (Wildman–Crippen LogP) is 2.07. The molecule has 1 amide bonds. The highest BCUT2D eigenvalue weighted by molar-refractivity contribution is 5.76. The van der Waals surface area contributed by atoms with Gasteiger partial charge in [-0.1, -0.05) is 13.3 Å². The molecule has 0 aliphatic carbocycles. The molecule has 0 heterocycles. The predicted molar refractivity (Wildman–Crippen MR) is 64.9 cm³/mol. The second-order valence-electron chi connectivity index (χ2n) is 5.18. The van der Waals surface area contributed by atoms with E-state index >= 15 is 0 Å². The number of rotatable bonds is 6. The fraction of sp³-hybridized carbons (Fsp3) is 0.917. The maximum Gasteiger partial charge on any atom is 0.221 e. The summed E-state index contributed by atoms with van der Waals surface area (Å²) in [5.74, 6) is 0.146. The van der Waals surface area contributed by atoms with Crippen molar-refractivity contribution >= 4 is 5.91 Å². The maximum absolute atomic E-state index is 11.5. The minimum Gasteiger partial charge on any atom is -0.354 e. The molecule has 0 saturated carbocycles. The van der Waals surface area contributed by atoms with E-state index in [1.165, 1.54) is 0 Å².